The van der Waals surface area contributed by atoms with E-state index in [2.05, 4.69) is 5.32 Å². The first kappa shape index (κ1) is 22.5. The number of methoxy groups -OCH3 is 1. The lowest BCUT2D eigenvalue weighted by Crippen LogP contribution is -2.37. The molecule has 0 unspecified atom stereocenters. The number of nitrogens with one attached hydrogen (secondary N) is 1. The van der Waals surface area contributed by atoms with Crippen LogP contribution in [-0.2, 0) is 14.8 Å². The first-order chi connectivity index (χ1) is 13.8. The van der Waals surface area contributed by atoms with Crippen LogP contribution >= 0.6 is 0 Å². The van der Waals surface area contributed by atoms with Crippen molar-refractivity contribution < 1.29 is 22.7 Å². The zero-order valence-corrected chi connectivity index (χ0v) is 17.8. The average Bonchev–Trinajstić information content (AvgIpc) is 2.69. The van der Waals surface area contributed by atoms with Crippen LogP contribution in [0.4, 0.5) is 5.69 Å². The maximum Gasteiger partial charge on any atom is 0.232 e. The molecule has 0 aliphatic carbocycles. The molecule has 1 amide bonds. The Morgan fingerprint density at radius 1 is 1.07 bits per heavy atom. The third-order valence-electron chi connectivity index (χ3n) is 4.18. The Morgan fingerprint density at radius 2 is 1.69 bits per heavy atom. The van der Waals surface area contributed by atoms with Gasteiger partial charge in [0, 0.05) is 13.0 Å². The second-order valence-corrected chi connectivity index (χ2v) is 8.64. The number of carbonyl (C=O) groups is 1. The van der Waals surface area contributed by atoms with E-state index in [4.69, 9.17) is 9.47 Å². The third-order valence-corrected chi connectivity index (χ3v) is 5.37. The van der Waals surface area contributed by atoms with Crippen LogP contribution < -0.4 is 19.1 Å². The summed E-state index contributed by atoms with van der Waals surface area (Å²) >= 11 is 0. The van der Waals surface area contributed by atoms with Gasteiger partial charge in [-0.2, -0.15) is 0 Å². The minimum atomic E-state index is -3.41. The number of para-hydroxylation sites is 1. The van der Waals surface area contributed by atoms with Gasteiger partial charge < -0.3 is 14.8 Å². The van der Waals surface area contributed by atoms with E-state index in [0.717, 1.165) is 5.75 Å². The Kier molecular flexibility index (Phi) is 8.33. The number of ether oxygens (including phenoxy) is 2. The molecule has 0 aliphatic rings. The lowest BCUT2D eigenvalue weighted by molar-refractivity contribution is -0.121. The molecule has 2 rings (SSSR count). The van der Waals surface area contributed by atoms with Gasteiger partial charge in [0.15, 0.2) is 0 Å². The Morgan fingerprint density at radius 3 is 2.28 bits per heavy atom. The second-order valence-electron chi connectivity index (χ2n) is 6.73. The summed E-state index contributed by atoms with van der Waals surface area (Å²) in [6, 6.07) is 15.9. The number of hydrogen-bond acceptors (Lipinski definition) is 5. The average molecular weight is 421 g/mol. The van der Waals surface area contributed by atoms with Gasteiger partial charge in [-0.1, -0.05) is 18.2 Å². The summed E-state index contributed by atoms with van der Waals surface area (Å²) in [5.74, 6) is 1.30. The van der Waals surface area contributed by atoms with Crippen molar-refractivity contribution in [2.24, 2.45) is 0 Å². The van der Waals surface area contributed by atoms with Crippen LogP contribution in [0.5, 0.6) is 11.5 Å². The van der Waals surface area contributed by atoms with Crippen LogP contribution in [0.15, 0.2) is 54.6 Å². The topological polar surface area (TPSA) is 84.9 Å². The molecule has 0 bridgehead atoms. The standard InChI is InChI=1S/C21H28N2O5S/c1-17(16-28-20-13-11-19(27-2)12-14-20)22-21(24)10-7-15-23(29(3,25)26)18-8-5-4-6-9-18/h4-6,8-9,11-14,17H,7,10,15-16H2,1-3H3,(H,22,24)/t17-/m1/s1. The number of sulfonamides is 1. The fourth-order valence-electron chi connectivity index (χ4n) is 2.75. The molecule has 1 N–H and O–H groups in total. The highest BCUT2D eigenvalue weighted by atomic mass is 32.2. The van der Waals surface area contributed by atoms with Crippen molar-refractivity contribution >= 4 is 21.6 Å². The molecule has 0 spiro atoms. The zero-order chi connectivity index (χ0) is 21.3. The summed E-state index contributed by atoms with van der Waals surface area (Å²) in [4.78, 5) is 12.2. The van der Waals surface area contributed by atoms with Crippen molar-refractivity contribution in [2.45, 2.75) is 25.8 Å². The van der Waals surface area contributed by atoms with Gasteiger partial charge in [0.1, 0.15) is 18.1 Å². The lowest BCUT2D eigenvalue weighted by Gasteiger charge is -2.22. The number of nitrogens with zero attached hydrogens (tertiary/aromatic N) is 1. The van der Waals surface area contributed by atoms with E-state index in [9.17, 15) is 13.2 Å². The molecule has 2 aromatic carbocycles. The molecule has 2 aromatic rings. The molecule has 8 heteroatoms. The molecule has 0 aromatic heterocycles. The highest BCUT2D eigenvalue weighted by Gasteiger charge is 2.17. The van der Waals surface area contributed by atoms with Gasteiger partial charge in [0.25, 0.3) is 0 Å². The monoisotopic (exact) mass is 420 g/mol. The minimum absolute atomic E-state index is 0.141. The molecule has 29 heavy (non-hydrogen) atoms. The molecule has 0 saturated heterocycles. The SMILES string of the molecule is COc1ccc(OC[C@@H](C)NC(=O)CCCN(c2ccccc2)S(C)(=O)=O)cc1. The quantitative estimate of drug-likeness (QED) is 0.604. The molecular formula is C21H28N2O5S. The normalized spacial score (nSPS) is 12.1. The molecule has 0 radical (unpaired) electrons. The minimum Gasteiger partial charge on any atom is -0.497 e. The van der Waals surface area contributed by atoms with E-state index in [1.54, 1.807) is 55.6 Å². The molecule has 0 aliphatic heterocycles. The number of hydrogen-bond donors (Lipinski definition) is 1. The number of anilines is 1. The van der Waals surface area contributed by atoms with Crippen LogP contribution in [0, 0.1) is 0 Å². The summed E-state index contributed by atoms with van der Waals surface area (Å²) < 4.78 is 36.2. The number of rotatable bonds is 11. The fourth-order valence-corrected chi connectivity index (χ4v) is 3.71. The van der Waals surface area contributed by atoms with E-state index in [1.165, 1.54) is 10.6 Å². The first-order valence-electron chi connectivity index (χ1n) is 9.38. The van der Waals surface area contributed by atoms with Crippen LogP contribution in [0.2, 0.25) is 0 Å². The Bertz CT molecular complexity index is 870. The molecule has 0 saturated carbocycles. The van der Waals surface area contributed by atoms with E-state index >= 15 is 0 Å². The van der Waals surface area contributed by atoms with Gasteiger partial charge in [-0.3, -0.25) is 9.10 Å². The Labute approximate surface area is 172 Å². The first-order valence-corrected chi connectivity index (χ1v) is 11.2. The molecular weight excluding hydrogens is 392 g/mol. The molecule has 1 atom stereocenters. The van der Waals surface area contributed by atoms with Crippen LogP contribution in [-0.4, -0.2) is 46.9 Å². The fraction of sp³-hybridized carbons (Fsp3) is 0.381. The maximum atomic E-state index is 12.2. The van der Waals surface area contributed by atoms with Crippen LogP contribution in [0.3, 0.4) is 0 Å². The predicted octanol–water partition coefficient (Wildman–Crippen LogP) is 2.83. The van der Waals surface area contributed by atoms with Crippen molar-refractivity contribution in [2.75, 3.05) is 30.8 Å². The summed E-state index contributed by atoms with van der Waals surface area (Å²) in [6.07, 6.45) is 1.81. The van der Waals surface area contributed by atoms with Crippen LogP contribution in [0.1, 0.15) is 19.8 Å². The second kappa shape index (κ2) is 10.7. The van der Waals surface area contributed by atoms with E-state index in [1.807, 2.05) is 13.0 Å². The smallest absolute Gasteiger partial charge is 0.232 e. The lowest BCUT2D eigenvalue weighted by atomic mass is 10.2. The summed E-state index contributed by atoms with van der Waals surface area (Å²) in [5, 5.41) is 2.87. The van der Waals surface area contributed by atoms with E-state index < -0.39 is 10.0 Å². The van der Waals surface area contributed by atoms with Crippen molar-refractivity contribution in [3.05, 3.63) is 54.6 Å². The summed E-state index contributed by atoms with van der Waals surface area (Å²) in [7, 11) is -1.81. The molecule has 0 heterocycles. The van der Waals surface area contributed by atoms with Crippen molar-refractivity contribution in [1.29, 1.82) is 0 Å². The predicted molar refractivity (Wildman–Crippen MR) is 114 cm³/mol. The number of carbonyl (C=O) groups excluding carboxylic acids is 1. The molecule has 0 fully saturated rings. The van der Waals surface area contributed by atoms with Crippen LogP contribution in [0.25, 0.3) is 0 Å². The highest BCUT2D eigenvalue weighted by molar-refractivity contribution is 7.92. The third kappa shape index (κ3) is 7.65. The van der Waals surface area contributed by atoms with Gasteiger partial charge >= 0.3 is 0 Å². The zero-order valence-electron chi connectivity index (χ0n) is 17.0. The Balaban J connectivity index is 1.76. The van der Waals surface area contributed by atoms with Crippen molar-refractivity contribution in [1.82, 2.24) is 5.32 Å². The summed E-state index contributed by atoms with van der Waals surface area (Å²) in [6.45, 7) is 2.43. The number of benzene rings is 2. The maximum absolute atomic E-state index is 12.2. The van der Waals surface area contributed by atoms with E-state index in [0.29, 0.717) is 24.5 Å². The van der Waals surface area contributed by atoms with Gasteiger partial charge in [-0.25, -0.2) is 8.42 Å². The number of amides is 1. The van der Waals surface area contributed by atoms with Gasteiger partial charge in [-0.05, 0) is 49.7 Å². The molecule has 7 nitrogen and oxygen atoms in total. The van der Waals surface area contributed by atoms with Gasteiger partial charge in [-0.15, -0.1) is 0 Å². The van der Waals surface area contributed by atoms with Crippen molar-refractivity contribution in [3.63, 3.8) is 0 Å². The van der Waals surface area contributed by atoms with Crippen molar-refractivity contribution in [3.8, 4) is 11.5 Å². The summed E-state index contributed by atoms with van der Waals surface area (Å²) in [5.41, 5.74) is 0.594. The van der Waals surface area contributed by atoms with Gasteiger partial charge in [0.2, 0.25) is 15.9 Å². The van der Waals surface area contributed by atoms with Gasteiger partial charge in [0.05, 0.1) is 25.1 Å². The Hall–Kier alpha value is -2.74. The van der Waals surface area contributed by atoms with E-state index in [-0.39, 0.29) is 24.9 Å². The largest absolute Gasteiger partial charge is 0.497 e. The molecule has 158 valence electrons. The highest BCUT2D eigenvalue weighted by Crippen LogP contribution is 2.18.